The molecule has 4 unspecified atom stereocenters. The van der Waals surface area contributed by atoms with E-state index >= 15 is 0 Å². The van der Waals surface area contributed by atoms with Gasteiger partial charge in [0.05, 0.1) is 6.54 Å². The Morgan fingerprint density at radius 1 is 0.694 bits per heavy atom. The van der Waals surface area contributed by atoms with Crippen LogP contribution in [0.2, 0.25) is 0 Å². The van der Waals surface area contributed by atoms with Gasteiger partial charge >= 0.3 is 0 Å². The number of nitrogens with one attached hydrogen (secondary N) is 5. The van der Waals surface area contributed by atoms with Crippen LogP contribution in [0.3, 0.4) is 0 Å². The first-order valence-corrected chi connectivity index (χ1v) is 16.0. The van der Waals surface area contributed by atoms with Crippen molar-refractivity contribution in [3.63, 3.8) is 0 Å². The molecule has 3 aromatic carbocycles. The summed E-state index contributed by atoms with van der Waals surface area (Å²) < 4.78 is 0. The summed E-state index contributed by atoms with van der Waals surface area (Å²) in [5, 5.41) is 24.9. The number of aliphatic imine (C=N–C) groups is 1. The number of hydrogen-bond acceptors (Lipinski definition) is 8. The first-order valence-electron chi connectivity index (χ1n) is 16.0. The molecule has 1 heterocycles. The average molecular weight is 674 g/mol. The topological polar surface area (TPSA) is 256 Å². The molecule has 3 aromatic rings. The van der Waals surface area contributed by atoms with E-state index in [2.05, 4.69) is 31.6 Å². The summed E-state index contributed by atoms with van der Waals surface area (Å²) >= 11 is 0. The van der Waals surface area contributed by atoms with Gasteiger partial charge in [0, 0.05) is 19.4 Å². The number of nitrogens with two attached hydrogens (primary N) is 3. The predicted molar refractivity (Wildman–Crippen MR) is 184 cm³/mol. The number of carbonyl (C=O) groups is 5. The fraction of sp³-hybridized carbons (Fsp3) is 0.353. The Balaban J connectivity index is 1.65. The van der Waals surface area contributed by atoms with Crippen LogP contribution in [0, 0.1) is 0 Å². The van der Waals surface area contributed by atoms with Crippen molar-refractivity contribution >= 4 is 46.3 Å². The van der Waals surface area contributed by atoms with Gasteiger partial charge < -0.3 is 48.9 Å². The molecule has 15 nitrogen and oxygen atoms in total. The summed E-state index contributed by atoms with van der Waals surface area (Å²) in [7, 11) is 0. The van der Waals surface area contributed by atoms with Crippen LogP contribution >= 0.6 is 0 Å². The molecule has 0 saturated carbocycles. The number of rotatable bonds is 10. The monoisotopic (exact) mass is 673 g/mol. The van der Waals surface area contributed by atoms with Crippen LogP contribution < -0.4 is 43.8 Å². The van der Waals surface area contributed by atoms with Crippen LogP contribution in [-0.4, -0.2) is 84.4 Å². The fourth-order valence-corrected chi connectivity index (χ4v) is 5.45. The van der Waals surface area contributed by atoms with Gasteiger partial charge in [-0.05, 0) is 59.8 Å². The molecule has 0 radical (unpaired) electrons. The fourth-order valence-electron chi connectivity index (χ4n) is 5.45. The van der Waals surface area contributed by atoms with Crippen LogP contribution in [0.15, 0.2) is 71.7 Å². The SMILES string of the molecule is NCCC1NC(=O)C(Cc2ccc(O)cc2)NC(=O)CNC(=O)C(Cc2ccc3ccccc3c2)NC(=O)C(CCCN=C(N)N)NC1=O. The molecule has 1 saturated heterocycles. The Hall–Kier alpha value is -5.70. The number of benzene rings is 3. The third-order valence-electron chi connectivity index (χ3n) is 8.00. The van der Waals surface area contributed by atoms with E-state index < -0.39 is 60.2 Å². The zero-order valence-electron chi connectivity index (χ0n) is 27.0. The lowest BCUT2D eigenvalue weighted by atomic mass is 10.0. The molecule has 15 heteroatoms. The predicted octanol–water partition coefficient (Wildman–Crippen LogP) is -1.20. The summed E-state index contributed by atoms with van der Waals surface area (Å²) in [6.45, 7) is -0.284. The molecule has 12 N–H and O–H groups in total. The summed E-state index contributed by atoms with van der Waals surface area (Å²) in [4.78, 5) is 71.5. The number of aromatic hydroxyl groups is 1. The van der Waals surface area contributed by atoms with Gasteiger partial charge in [0.15, 0.2) is 5.96 Å². The molecule has 1 aliphatic heterocycles. The first-order chi connectivity index (χ1) is 23.5. The summed E-state index contributed by atoms with van der Waals surface area (Å²) in [6.07, 6.45) is 0.535. The summed E-state index contributed by atoms with van der Waals surface area (Å²) in [6, 6.07) is 14.9. The zero-order valence-corrected chi connectivity index (χ0v) is 27.0. The molecule has 0 spiro atoms. The maximum Gasteiger partial charge on any atom is 0.243 e. The molecule has 4 atom stereocenters. The van der Waals surface area contributed by atoms with E-state index in [0.29, 0.717) is 12.0 Å². The van der Waals surface area contributed by atoms with Crippen molar-refractivity contribution in [1.82, 2.24) is 26.6 Å². The van der Waals surface area contributed by atoms with E-state index in [4.69, 9.17) is 17.2 Å². The number of phenolic OH excluding ortho intramolecular Hbond substituents is 1. The van der Waals surface area contributed by atoms with Crippen LogP contribution in [0.25, 0.3) is 10.8 Å². The van der Waals surface area contributed by atoms with E-state index in [1.807, 2.05) is 42.5 Å². The van der Waals surface area contributed by atoms with Crippen LogP contribution in [-0.2, 0) is 36.8 Å². The van der Waals surface area contributed by atoms with Crippen LogP contribution in [0.5, 0.6) is 5.75 Å². The standard InChI is InChI=1S/C34H43N9O6/c35-14-13-26-32(48)41-25(6-3-15-38-34(36)37)31(47)43-27(18-21-7-10-22-4-1-2-5-23(22)16-21)30(46)39-19-29(45)40-28(33(49)42-26)17-20-8-11-24(44)12-9-20/h1-2,4-5,7-12,16,25-28,44H,3,6,13-15,17-19,35H2,(H,39,46)(H,40,45)(H,41,48)(H,42,49)(H,43,47)(H4,36,37,38). The number of phenols is 1. The van der Waals surface area contributed by atoms with Gasteiger partial charge in [-0.3, -0.25) is 29.0 Å². The normalized spacial score (nSPS) is 20.9. The minimum Gasteiger partial charge on any atom is -0.508 e. The Labute approximate surface area is 283 Å². The van der Waals surface area contributed by atoms with Gasteiger partial charge in [-0.2, -0.15) is 0 Å². The molecule has 5 amide bonds. The summed E-state index contributed by atoms with van der Waals surface area (Å²) in [5.74, 6) is -3.43. The van der Waals surface area contributed by atoms with Gasteiger partial charge in [-0.1, -0.05) is 54.6 Å². The highest BCUT2D eigenvalue weighted by molar-refractivity contribution is 5.97. The third kappa shape index (κ3) is 10.9. The second-order valence-electron chi connectivity index (χ2n) is 11.8. The minimum atomic E-state index is -1.16. The Bertz CT molecular complexity index is 1680. The molecule has 260 valence electrons. The minimum absolute atomic E-state index is 0.0147. The van der Waals surface area contributed by atoms with Gasteiger partial charge in [0.2, 0.25) is 29.5 Å². The second kappa shape index (κ2) is 17.5. The Morgan fingerprint density at radius 2 is 1.27 bits per heavy atom. The highest BCUT2D eigenvalue weighted by Gasteiger charge is 2.32. The highest BCUT2D eigenvalue weighted by atomic mass is 16.3. The lowest BCUT2D eigenvalue weighted by molar-refractivity contribution is -0.134. The number of hydrogen-bond donors (Lipinski definition) is 9. The Kier molecular flexibility index (Phi) is 12.9. The molecular formula is C34H43N9O6. The van der Waals surface area contributed by atoms with Crippen LogP contribution in [0.4, 0.5) is 0 Å². The number of amides is 5. The lowest BCUT2D eigenvalue weighted by Gasteiger charge is -2.26. The van der Waals surface area contributed by atoms with Gasteiger partial charge in [-0.15, -0.1) is 0 Å². The van der Waals surface area contributed by atoms with Gasteiger partial charge in [-0.25, -0.2) is 0 Å². The number of fused-ring (bicyclic) bond motifs is 1. The zero-order chi connectivity index (χ0) is 35.3. The molecular weight excluding hydrogens is 630 g/mol. The van der Waals surface area contributed by atoms with E-state index in [9.17, 15) is 29.1 Å². The third-order valence-corrected chi connectivity index (χ3v) is 8.00. The van der Waals surface area contributed by atoms with Crippen molar-refractivity contribution in [1.29, 1.82) is 0 Å². The average Bonchev–Trinajstić information content (AvgIpc) is 3.08. The highest BCUT2D eigenvalue weighted by Crippen LogP contribution is 2.17. The summed E-state index contributed by atoms with van der Waals surface area (Å²) in [5.41, 5.74) is 18.0. The van der Waals surface area contributed by atoms with Gasteiger partial charge in [0.1, 0.15) is 29.9 Å². The number of carbonyl (C=O) groups excluding carboxylic acids is 5. The smallest absolute Gasteiger partial charge is 0.243 e. The van der Waals surface area contributed by atoms with Crippen molar-refractivity contribution < 1.29 is 29.1 Å². The van der Waals surface area contributed by atoms with Crippen molar-refractivity contribution in [3.05, 3.63) is 77.9 Å². The van der Waals surface area contributed by atoms with Crippen molar-refractivity contribution in [2.24, 2.45) is 22.2 Å². The molecule has 49 heavy (non-hydrogen) atoms. The second-order valence-corrected chi connectivity index (χ2v) is 11.8. The van der Waals surface area contributed by atoms with Crippen molar-refractivity contribution in [2.75, 3.05) is 19.6 Å². The van der Waals surface area contributed by atoms with Gasteiger partial charge in [0.25, 0.3) is 0 Å². The largest absolute Gasteiger partial charge is 0.508 e. The van der Waals surface area contributed by atoms with E-state index in [-0.39, 0.29) is 50.5 Å². The lowest BCUT2D eigenvalue weighted by Crippen LogP contribution is -2.58. The first kappa shape index (κ1) is 36.1. The van der Waals surface area contributed by atoms with E-state index in [1.165, 1.54) is 12.1 Å². The number of nitrogens with zero attached hydrogens (tertiary/aromatic N) is 1. The molecule has 1 fully saturated rings. The molecule has 0 bridgehead atoms. The maximum atomic E-state index is 13.8. The van der Waals surface area contributed by atoms with Crippen LogP contribution in [0.1, 0.15) is 30.4 Å². The quantitative estimate of drug-likeness (QED) is 0.0711. The molecule has 0 aliphatic carbocycles. The Morgan fingerprint density at radius 3 is 1.94 bits per heavy atom. The molecule has 4 rings (SSSR count). The van der Waals surface area contributed by atoms with E-state index in [1.54, 1.807) is 12.1 Å². The van der Waals surface area contributed by atoms with E-state index in [0.717, 1.165) is 16.3 Å². The maximum absolute atomic E-state index is 13.8. The van der Waals surface area contributed by atoms with Crippen molar-refractivity contribution in [2.45, 2.75) is 56.3 Å². The number of guanidine groups is 1. The molecule has 1 aliphatic rings. The molecule has 0 aromatic heterocycles. The van der Waals surface area contributed by atoms with Crippen molar-refractivity contribution in [3.8, 4) is 5.75 Å².